The quantitative estimate of drug-likeness (QED) is 0.385. The van der Waals surface area contributed by atoms with Crippen LogP contribution < -0.4 is 10.6 Å². The van der Waals surface area contributed by atoms with Crippen LogP contribution >= 0.6 is 23.1 Å². The molecule has 0 atom stereocenters. The monoisotopic (exact) mass is 481 g/mol. The SMILES string of the molecule is Cc1cc(-c2cnc(Nc3cnc(CNC4CCCC4)cn3)s2)nc(SC2CCCCC2)n1. The molecule has 5 rings (SSSR count). The normalized spacial score (nSPS) is 17.5. The van der Waals surface area contributed by atoms with Gasteiger partial charge in [0.1, 0.15) is 0 Å². The summed E-state index contributed by atoms with van der Waals surface area (Å²) in [5, 5.41) is 9.16. The van der Waals surface area contributed by atoms with E-state index in [2.05, 4.69) is 30.6 Å². The molecular formula is C24H31N7S2. The van der Waals surface area contributed by atoms with E-state index in [1.165, 1.54) is 57.8 Å². The molecule has 3 aromatic rings. The predicted octanol–water partition coefficient (Wildman–Crippen LogP) is 5.90. The summed E-state index contributed by atoms with van der Waals surface area (Å²) in [6.45, 7) is 2.81. The highest BCUT2D eigenvalue weighted by molar-refractivity contribution is 7.99. The van der Waals surface area contributed by atoms with Gasteiger partial charge in [-0.15, -0.1) is 0 Å². The third-order valence-corrected chi connectivity index (χ3v) is 8.42. The third kappa shape index (κ3) is 6.28. The summed E-state index contributed by atoms with van der Waals surface area (Å²) in [4.78, 5) is 24.1. The molecule has 0 aliphatic heterocycles. The van der Waals surface area contributed by atoms with Crippen LogP contribution in [0, 0.1) is 6.92 Å². The number of hydrogen-bond donors (Lipinski definition) is 2. The molecule has 33 heavy (non-hydrogen) atoms. The number of nitrogens with one attached hydrogen (secondary N) is 2. The van der Waals surface area contributed by atoms with Crippen molar-refractivity contribution in [3.63, 3.8) is 0 Å². The minimum atomic E-state index is 0.630. The number of aryl methyl sites for hydroxylation is 1. The van der Waals surface area contributed by atoms with Crippen molar-refractivity contribution in [2.45, 2.75) is 87.7 Å². The Morgan fingerprint density at radius 1 is 0.939 bits per heavy atom. The standard InChI is InChI=1S/C24H31N7S2/c1-16-11-20(30-24(29-16)32-19-9-3-2-4-10-19)21-14-28-23(33-21)31-22-15-26-18(13-27-22)12-25-17-7-5-6-8-17/h11,13-15,17,19,25H,2-10,12H2,1H3,(H,27,28,31). The summed E-state index contributed by atoms with van der Waals surface area (Å²) in [5.74, 6) is 0.702. The maximum atomic E-state index is 4.84. The first-order valence-electron chi connectivity index (χ1n) is 12.0. The number of thioether (sulfide) groups is 1. The third-order valence-electron chi connectivity index (χ3n) is 6.28. The molecule has 0 radical (unpaired) electrons. The highest BCUT2D eigenvalue weighted by atomic mass is 32.2. The van der Waals surface area contributed by atoms with Crippen molar-refractivity contribution in [1.29, 1.82) is 0 Å². The van der Waals surface area contributed by atoms with Gasteiger partial charge in [0.2, 0.25) is 0 Å². The molecule has 3 aromatic heterocycles. The molecule has 0 aromatic carbocycles. The van der Waals surface area contributed by atoms with E-state index in [4.69, 9.17) is 4.98 Å². The fourth-order valence-corrected chi connectivity index (χ4v) is 6.50. The lowest BCUT2D eigenvalue weighted by molar-refractivity contribution is 0.515. The van der Waals surface area contributed by atoms with Crippen molar-refractivity contribution in [3.8, 4) is 10.6 Å². The van der Waals surface area contributed by atoms with Crippen LogP contribution in [-0.2, 0) is 6.54 Å². The van der Waals surface area contributed by atoms with E-state index in [0.717, 1.165) is 38.8 Å². The molecule has 2 fully saturated rings. The van der Waals surface area contributed by atoms with Gasteiger partial charge in [0, 0.05) is 29.7 Å². The number of aromatic nitrogens is 5. The summed E-state index contributed by atoms with van der Waals surface area (Å²) in [7, 11) is 0. The van der Waals surface area contributed by atoms with Gasteiger partial charge in [-0.2, -0.15) is 0 Å². The lowest BCUT2D eigenvalue weighted by atomic mass is 10.0. The summed E-state index contributed by atoms with van der Waals surface area (Å²) in [6, 6.07) is 2.67. The van der Waals surface area contributed by atoms with Crippen LogP contribution in [0.1, 0.15) is 69.2 Å². The Kier molecular flexibility index (Phi) is 7.48. The second kappa shape index (κ2) is 10.9. The summed E-state index contributed by atoms with van der Waals surface area (Å²) in [6.07, 6.45) is 17.2. The van der Waals surface area contributed by atoms with Crippen molar-refractivity contribution < 1.29 is 0 Å². The molecule has 2 aliphatic carbocycles. The Balaban J connectivity index is 1.21. The Hall–Kier alpha value is -2.10. The molecule has 2 saturated carbocycles. The second-order valence-corrected chi connectivity index (χ2v) is 11.3. The molecule has 7 nitrogen and oxygen atoms in total. The number of rotatable bonds is 8. The van der Waals surface area contributed by atoms with Crippen LogP contribution in [0.2, 0.25) is 0 Å². The smallest absolute Gasteiger partial charge is 0.188 e. The molecule has 174 valence electrons. The van der Waals surface area contributed by atoms with Gasteiger partial charge in [-0.25, -0.2) is 19.9 Å². The first-order valence-corrected chi connectivity index (χ1v) is 13.7. The molecule has 0 saturated heterocycles. The zero-order valence-electron chi connectivity index (χ0n) is 19.1. The van der Waals surface area contributed by atoms with Gasteiger partial charge < -0.3 is 10.6 Å². The van der Waals surface area contributed by atoms with Crippen LogP contribution in [0.15, 0.2) is 29.8 Å². The highest BCUT2D eigenvalue weighted by Gasteiger charge is 2.18. The first-order chi connectivity index (χ1) is 16.2. The van der Waals surface area contributed by atoms with Gasteiger partial charge in [-0.1, -0.05) is 55.2 Å². The average molecular weight is 482 g/mol. The topological polar surface area (TPSA) is 88.5 Å². The van der Waals surface area contributed by atoms with E-state index in [1.807, 2.05) is 37.1 Å². The minimum absolute atomic E-state index is 0.630. The predicted molar refractivity (Wildman–Crippen MR) is 135 cm³/mol. The molecular weight excluding hydrogens is 450 g/mol. The minimum Gasteiger partial charge on any atom is -0.315 e. The van der Waals surface area contributed by atoms with Crippen molar-refractivity contribution in [1.82, 2.24) is 30.2 Å². The number of anilines is 2. The number of thiazole rings is 1. The van der Waals surface area contributed by atoms with Crippen LogP contribution in [0.3, 0.4) is 0 Å². The summed E-state index contributed by atoms with van der Waals surface area (Å²) >= 11 is 3.41. The van der Waals surface area contributed by atoms with Gasteiger partial charge in [-0.3, -0.25) is 4.98 Å². The van der Waals surface area contributed by atoms with Crippen molar-refractivity contribution in [2.75, 3.05) is 5.32 Å². The van der Waals surface area contributed by atoms with E-state index in [-0.39, 0.29) is 0 Å². The first kappa shape index (κ1) is 22.7. The lowest BCUT2D eigenvalue weighted by Crippen LogP contribution is -2.25. The van der Waals surface area contributed by atoms with Gasteiger partial charge in [-0.05, 0) is 38.7 Å². The Morgan fingerprint density at radius 3 is 2.55 bits per heavy atom. The zero-order chi connectivity index (χ0) is 22.5. The van der Waals surface area contributed by atoms with Crippen LogP contribution in [0.25, 0.3) is 10.6 Å². The molecule has 0 spiro atoms. The Labute approximate surface area is 203 Å². The van der Waals surface area contributed by atoms with Crippen molar-refractivity contribution in [3.05, 3.63) is 36.0 Å². The number of nitrogens with zero attached hydrogens (tertiary/aromatic N) is 5. The van der Waals surface area contributed by atoms with Gasteiger partial charge >= 0.3 is 0 Å². The van der Waals surface area contributed by atoms with E-state index in [0.29, 0.717) is 17.1 Å². The lowest BCUT2D eigenvalue weighted by Gasteiger charge is -2.20. The van der Waals surface area contributed by atoms with E-state index in [9.17, 15) is 0 Å². The Bertz CT molecular complexity index is 1040. The highest BCUT2D eigenvalue weighted by Crippen LogP contribution is 2.34. The fourth-order valence-electron chi connectivity index (χ4n) is 4.50. The van der Waals surface area contributed by atoms with Crippen LogP contribution in [0.5, 0.6) is 0 Å². The van der Waals surface area contributed by atoms with Gasteiger partial charge in [0.05, 0.1) is 28.7 Å². The number of hydrogen-bond acceptors (Lipinski definition) is 9. The average Bonchev–Trinajstić information content (AvgIpc) is 3.51. The van der Waals surface area contributed by atoms with Crippen LogP contribution in [0.4, 0.5) is 10.9 Å². The molecule has 0 bridgehead atoms. The Morgan fingerprint density at radius 2 is 1.76 bits per heavy atom. The van der Waals surface area contributed by atoms with Gasteiger partial charge in [0.15, 0.2) is 16.1 Å². The molecule has 9 heteroatoms. The molecule has 0 unspecified atom stereocenters. The molecule has 2 aliphatic rings. The molecule has 3 heterocycles. The maximum Gasteiger partial charge on any atom is 0.188 e. The summed E-state index contributed by atoms with van der Waals surface area (Å²) in [5.41, 5.74) is 2.89. The van der Waals surface area contributed by atoms with Crippen molar-refractivity contribution >= 4 is 34.0 Å². The zero-order valence-corrected chi connectivity index (χ0v) is 20.7. The van der Waals surface area contributed by atoms with E-state index in [1.54, 1.807) is 17.5 Å². The molecule has 0 amide bonds. The van der Waals surface area contributed by atoms with E-state index < -0.39 is 0 Å². The molecule has 2 N–H and O–H groups in total. The van der Waals surface area contributed by atoms with Crippen LogP contribution in [-0.4, -0.2) is 36.2 Å². The maximum absolute atomic E-state index is 4.84. The second-order valence-electron chi connectivity index (χ2n) is 8.96. The van der Waals surface area contributed by atoms with Gasteiger partial charge in [0.25, 0.3) is 0 Å². The fraction of sp³-hybridized carbons (Fsp3) is 0.542. The largest absolute Gasteiger partial charge is 0.315 e. The van der Waals surface area contributed by atoms with E-state index >= 15 is 0 Å². The summed E-state index contributed by atoms with van der Waals surface area (Å²) < 4.78 is 0. The van der Waals surface area contributed by atoms with Crippen molar-refractivity contribution in [2.24, 2.45) is 0 Å².